The van der Waals surface area contributed by atoms with Crippen molar-refractivity contribution in [3.8, 4) is 0 Å². The van der Waals surface area contributed by atoms with Crippen LogP contribution in [0.3, 0.4) is 0 Å². The first kappa shape index (κ1) is 19.3. The summed E-state index contributed by atoms with van der Waals surface area (Å²) in [4.78, 5) is 34.7. The predicted octanol–water partition coefficient (Wildman–Crippen LogP) is 2.34. The standard InChI is InChI=1S/C15H18Cl2N2O4/c1-8(2)5-12(15(22)23)19-13(20)7-18-14(21)9-3-4-10(16)11(17)6-9/h3-4,6,8,12H,5,7H2,1-2H3,(H,18,21)(H,19,20)(H,22,23). The molecule has 8 heteroatoms. The first-order valence-corrected chi connectivity index (χ1v) is 7.71. The molecule has 0 saturated heterocycles. The second-order valence-corrected chi connectivity index (χ2v) is 6.21. The van der Waals surface area contributed by atoms with E-state index in [-0.39, 0.29) is 23.0 Å². The van der Waals surface area contributed by atoms with Gasteiger partial charge < -0.3 is 15.7 Å². The normalized spacial score (nSPS) is 11.9. The van der Waals surface area contributed by atoms with Crippen molar-refractivity contribution < 1.29 is 19.5 Å². The summed E-state index contributed by atoms with van der Waals surface area (Å²) < 4.78 is 0. The summed E-state index contributed by atoms with van der Waals surface area (Å²) in [5, 5.41) is 14.4. The van der Waals surface area contributed by atoms with E-state index in [1.54, 1.807) is 0 Å². The van der Waals surface area contributed by atoms with Gasteiger partial charge >= 0.3 is 5.97 Å². The molecule has 1 aromatic rings. The second kappa shape index (κ2) is 8.74. The maximum absolute atomic E-state index is 11.9. The van der Waals surface area contributed by atoms with Gasteiger partial charge in [0, 0.05) is 5.56 Å². The van der Waals surface area contributed by atoms with E-state index in [0.717, 1.165) is 0 Å². The van der Waals surface area contributed by atoms with Crippen molar-refractivity contribution in [1.29, 1.82) is 0 Å². The molecule has 0 saturated carbocycles. The van der Waals surface area contributed by atoms with E-state index in [2.05, 4.69) is 10.6 Å². The highest BCUT2D eigenvalue weighted by atomic mass is 35.5. The van der Waals surface area contributed by atoms with Crippen LogP contribution in [0.25, 0.3) is 0 Å². The Kier molecular flexibility index (Phi) is 7.32. The molecule has 6 nitrogen and oxygen atoms in total. The minimum Gasteiger partial charge on any atom is -0.480 e. The first-order chi connectivity index (χ1) is 10.7. The number of rotatable bonds is 7. The van der Waals surface area contributed by atoms with Crippen molar-refractivity contribution in [1.82, 2.24) is 10.6 Å². The van der Waals surface area contributed by atoms with Gasteiger partial charge in [0.05, 0.1) is 16.6 Å². The molecule has 0 radical (unpaired) electrons. The number of aliphatic carboxylic acids is 1. The monoisotopic (exact) mass is 360 g/mol. The lowest BCUT2D eigenvalue weighted by Gasteiger charge is -2.16. The molecule has 1 unspecified atom stereocenters. The summed E-state index contributed by atoms with van der Waals surface area (Å²) in [6.07, 6.45) is 0.307. The van der Waals surface area contributed by atoms with Crippen LogP contribution in [0.4, 0.5) is 0 Å². The number of carboxylic acids is 1. The fourth-order valence-electron chi connectivity index (χ4n) is 1.84. The van der Waals surface area contributed by atoms with E-state index in [4.69, 9.17) is 28.3 Å². The molecule has 0 aliphatic heterocycles. The third kappa shape index (κ3) is 6.46. The summed E-state index contributed by atoms with van der Waals surface area (Å²) in [6, 6.07) is 3.35. The maximum atomic E-state index is 11.9. The van der Waals surface area contributed by atoms with E-state index in [1.807, 2.05) is 13.8 Å². The lowest BCUT2D eigenvalue weighted by Crippen LogP contribution is -2.46. The zero-order valence-electron chi connectivity index (χ0n) is 12.7. The van der Waals surface area contributed by atoms with Crippen LogP contribution in [0.2, 0.25) is 10.0 Å². The third-order valence-corrected chi connectivity index (χ3v) is 3.67. The number of benzene rings is 1. The van der Waals surface area contributed by atoms with Gasteiger partial charge in [-0.1, -0.05) is 37.0 Å². The second-order valence-electron chi connectivity index (χ2n) is 5.40. The summed E-state index contributed by atoms with van der Waals surface area (Å²) in [5.41, 5.74) is 0.254. The van der Waals surface area contributed by atoms with Gasteiger partial charge in [0.15, 0.2) is 0 Å². The van der Waals surface area contributed by atoms with Gasteiger partial charge in [-0.25, -0.2) is 4.79 Å². The number of halogens is 2. The van der Waals surface area contributed by atoms with Gasteiger partial charge in [0.2, 0.25) is 5.91 Å². The molecule has 23 heavy (non-hydrogen) atoms. The van der Waals surface area contributed by atoms with E-state index in [9.17, 15) is 14.4 Å². The molecule has 3 N–H and O–H groups in total. The third-order valence-electron chi connectivity index (χ3n) is 2.93. The van der Waals surface area contributed by atoms with Crippen molar-refractivity contribution in [2.45, 2.75) is 26.3 Å². The van der Waals surface area contributed by atoms with Gasteiger partial charge in [0.1, 0.15) is 6.04 Å². The number of amides is 2. The van der Waals surface area contributed by atoms with Gasteiger partial charge in [-0.15, -0.1) is 0 Å². The fourth-order valence-corrected chi connectivity index (χ4v) is 2.14. The molecule has 0 spiro atoms. The molecule has 1 aromatic carbocycles. The Morgan fingerprint density at radius 1 is 1.17 bits per heavy atom. The summed E-state index contributed by atoms with van der Waals surface area (Å²) >= 11 is 11.6. The quantitative estimate of drug-likeness (QED) is 0.695. The fraction of sp³-hybridized carbons (Fsp3) is 0.400. The van der Waals surface area contributed by atoms with E-state index < -0.39 is 23.8 Å². The van der Waals surface area contributed by atoms with Crippen LogP contribution in [-0.4, -0.2) is 35.5 Å². The molecule has 0 aliphatic rings. The van der Waals surface area contributed by atoms with E-state index in [1.165, 1.54) is 18.2 Å². The number of carbonyl (C=O) groups is 3. The van der Waals surface area contributed by atoms with E-state index in [0.29, 0.717) is 11.4 Å². The molecule has 0 heterocycles. The Balaban J connectivity index is 2.56. The van der Waals surface area contributed by atoms with Crippen molar-refractivity contribution in [2.75, 3.05) is 6.54 Å². The van der Waals surface area contributed by atoms with Gasteiger partial charge in [-0.2, -0.15) is 0 Å². The molecule has 0 aromatic heterocycles. The topological polar surface area (TPSA) is 95.5 Å². The SMILES string of the molecule is CC(C)CC(NC(=O)CNC(=O)c1ccc(Cl)c(Cl)c1)C(=O)O. The van der Waals surface area contributed by atoms with Gasteiger partial charge in [0.25, 0.3) is 5.91 Å². The molecular weight excluding hydrogens is 343 g/mol. The zero-order valence-corrected chi connectivity index (χ0v) is 14.2. The van der Waals surface area contributed by atoms with Crippen LogP contribution in [0.15, 0.2) is 18.2 Å². The zero-order chi connectivity index (χ0) is 17.6. The Morgan fingerprint density at radius 3 is 2.35 bits per heavy atom. The molecule has 0 bridgehead atoms. The predicted molar refractivity (Wildman–Crippen MR) is 87.8 cm³/mol. The lowest BCUT2D eigenvalue weighted by molar-refractivity contribution is -0.142. The highest BCUT2D eigenvalue weighted by molar-refractivity contribution is 6.42. The average Bonchev–Trinajstić information content (AvgIpc) is 2.46. The molecular formula is C15H18Cl2N2O4. The van der Waals surface area contributed by atoms with Gasteiger partial charge in [-0.05, 0) is 30.5 Å². The minimum atomic E-state index is -1.11. The molecule has 1 atom stereocenters. The van der Waals surface area contributed by atoms with Crippen molar-refractivity contribution in [3.05, 3.63) is 33.8 Å². The molecule has 2 amide bonds. The maximum Gasteiger partial charge on any atom is 0.326 e. The van der Waals surface area contributed by atoms with Crippen LogP contribution < -0.4 is 10.6 Å². The smallest absolute Gasteiger partial charge is 0.326 e. The van der Waals surface area contributed by atoms with Crippen LogP contribution in [0, 0.1) is 5.92 Å². The van der Waals surface area contributed by atoms with Crippen LogP contribution in [0.5, 0.6) is 0 Å². The Labute approximate surface area is 144 Å². The van der Waals surface area contributed by atoms with Crippen molar-refractivity contribution >= 4 is 41.0 Å². The highest BCUT2D eigenvalue weighted by Gasteiger charge is 2.21. The summed E-state index contributed by atoms with van der Waals surface area (Å²) in [6.45, 7) is 3.38. The molecule has 0 aliphatic carbocycles. The van der Waals surface area contributed by atoms with Crippen LogP contribution >= 0.6 is 23.2 Å². The highest BCUT2D eigenvalue weighted by Crippen LogP contribution is 2.22. The average molecular weight is 361 g/mol. The first-order valence-electron chi connectivity index (χ1n) is 6.96. The van der Waals surface area contributed by atoms with E-state index >= 15 is 0 Å². The largest absolute Gasteiger partial charge is 0.480 e. The lowest BCUT2D eigenvalue weighted by atomic mass is 10.0. The number of hydrogen-bond donors (Lipinski definition) is 3. The Morgan fingerprint density at radius 2 is 1.83 bits per heavy atom. The Bertz CT molecular complexity index is 605. The molecule has 1 rings (SSSR count). The number of hydrogen-bond acceptors (Lipinski definition) is 3. The summed E-state index contributed by atoms with van der Waals surface area (Å²) in [5.74, 6) is -2.08. The van der Waals surface area contributed by atoms with Gasteiger partial charge in [-0.3, -0.25) is 9.59 Å². The van der Waals surface area contributed by atoms with Crippen molar-refractivity contribution in [2.24, 2.45) is 5.92 Å². The molecule has 126 valence electrons. The number of carboxylic acid groups (broad SMARTS) is 1. The van der Waals surface area contributed by atoms with Crippen LogP contribution in [0.1, 0.15) is 30.6 Å². The van der Waals surface area contributed by atoms with Crippen molar-refractivity contribution in [3.63, 3.8) is 0 Å². The number of nitrogens with one attached hydrogen (secondary N) is 2. The number of carbonyl (C=O) groups excluding carboxylic acids is 2. The summed E-state index contributed by atoms with van der Waals surface area (Å²) in [7, 11) is 0. The Hall–Kier alpha value is -1.79. The molecule has 0 fully saturated rings. The van der Waals surface area contributed by atoms with Crippen LogP contribution in [-0.2, 0) is 9.59 Å². The minimum absolute atomic E-state index is 0.113.